The Morgan fingerprint density at radius 2 is 1.91 bits per heavy atom. The van der Waals surface area contributed by atoms with Crippen molar-refractivity contribution in [3.05, 3.63) is 81.1 Å². The molecule has 0 bridgehead atoms. The third-order valence-corrected chi connectivity index (χ3v) is 8.33. The number of piperazine rings is 1. The number of likely N-dealkylation sites (N-methyl/N-ethyl adjacent to an activating group) is 1. The summed E-state index contributed by atoms with van der Waals surface area (Å²) in [7, 11) is 2.20. The molecule has 4 nitrogen and oxygen atoms in total. The van der Waals surface area contributed by atoms with Crippen LogP contribution in [0.3, 0.4) is 0 Å². The first kappa shape index (κ1) is 23.2. The Balaban J connectivity index is 1.45. The zero-order valence-electron chi connectivity index (χ0n) is 20.5. The molecule has 3 aromatic rings. The van der Waals surface area contributed by atoms with Gasteiger partial charge in [0.25, 0.3) is 0 Å². The number of aryl methyl sites for hydroxylation is 1. The van der Waals surface area contributed by atoms with E-state index in [1.807, 2.05) is 17.4 Å². The first-order valence-corrected chi connectivity index (χ1v) is 13.0. The van der Waals surface area contributed by atoms with E-state index in [4.69, 9.17) is 9.98 Å². The maximum absolute atomic E-state index is 13.7. The molecule has 3 heterocycles. The van der Waals surface area contributed by atoms with Gasteiger partial charge in [-0.25, -0.2) is 14.4 Å². The van der Waals surface area contributed by atoms with E-state index in [-0.39, 0.29) is 11.2 Å². The predicted octanol–water partition coefficient (Wildman–Crippen LogP) is 5.81. The van der Waals surface area contributed by atoms with Crippen molar-refractivity contribution < 1.29 is 4.39 Å². The molecule has 1 aromatic heterocycles. The number of aliphatic imine (C=N–C) groups is 1. The van der Waals surface area contributed by atoms with Crippen molar-refractivity contribution in [2.45, 2.75) is 51.5 Å². The second kappa shape index (κ2) is 9.23. The number of fused-ring (bicyclic) bond motifs is 2. The Kier molecular flexibility index (Phi) is 6.30. The van der Waals surface area contributed by atoms with Crippen LogP contribution in [0, 0.1) is 5.82 Å². The van der Waals surface area contributed by atoms with E-state index >= 15 is 0 Å². The summed E-state index contributed by atoms with van der Waals surface area (Å²) in [5.41, 5.74) is 4.44. The van der Waals surface area contributed by atoms with Crippen LogP contribution in [0.1, 0.15) is 53.9 Å². The van der Waals surface area contributed by atoms with Gasteiger partial charge in [0.2, 0.25) is 0 Å². The minimum Gasteiger partial charge on any atom is -0.352 e. The number of thiazole rings is 1. The van der Waals surface area contributed by atoms with Crippen molar-refractivity contribution in [1.29, 1.82) is 0 Å². The van der Waals surface area contributed by atoms with Gasteiger partial charge in [-0.15, -0.1) is 11.3 Å². The number of amidine groups is 1. The fourth-order valence-corrected chi connectivity index (χ4v) is 5.91. The van der Waals surface area contributed by atoms with Gasteiger partial charge in [-0.2, -0.15) is 0 Å². The monoisotopic (exact) mass is 476 g/mol. The third kappa shape index (κ3) is 4.80. The fourth-order valence-electron chi connectivity index (χ4n) is 4.77. The number of para-hydroxylation sites is 1. The molecule has 0 N–H and O–H groups in total. The van der Waals surface area contributed by atoms with Gasteiger partial charge in [0.05, 0.1) is 10.7 Å². The maximum atomic E-state index is 13.7. The summed E-state index contributed by atoms with van der Waals surface area (Å²) >= 11 is 1.83. The Labute approximate surface area is 206 Å². The van der Waals surface area contributed by atoms with Crippen molar-refractivity contribution in [3.8, 4) is 0 Å². The molecule has 0 saturated carbocycles. The Hall–Kier alpha value is -2.57. The average Bonchev–Trinajstić information content (AvgIpc) is 3.16. The maximum Gasteiger partial charge on any atom is 0.156 e. The number of rotatable bonds is 3. The van der Waals surface area contributed by atoms with Crippen LogP contribution in [0.15, 0.2) is 53.5 Å². The van der Waals surface area contributed by atoms with E-state index in [1.165, 1.54) is 21.5 Å². The lowest BCUT2D eigenvalue weighted by molar-refractivity contribution is 0.134. The quantitative estimate of drug-likeness (QED) is 0.478. The lowest BCUT2D eigenvalue weighted by Crippen LogP contribution is -2.53. The summed E-state index contributed by atoms with van der Waals surface area (Å²) in [6.07, 6.45) is 2.73. The zero-order valence-corrected chi connectivity index (χ0v) is 21.3. The van der Waals surface area contributed by atoms with Gasteiger partial charge in [-0.1, -0.05) is 51.1 Å². The summed E-state index contributed by atoms with van der Waals surface area (Å²) in [5, 5.41) is 1.17. The van der Waals surface area contributed by atoms with Gasteiger partial charge in [0, 0.05) is 42.4 Å². The molecule has 0 amide bonds. The first-order valence-electron chi connectivity index (χ1n) is 12.1. The molecule has 6 heteroatoms. The van der Waals surface area contributed by atoms with Crippen molar-refractivity contribution >= 4 is 22.9 Å². The van der Waals surface area contributed by atoms with Crippen LogP contribution in [0.2, 0.25) is 0 Å². The highest BCUT2D eigenvalue weighted by molar-refractivity contribution is 7.12. The van der Waals surface area contributed by atoms with E-state index in [1.54, 1.807) is 12.1 Å². The van der Waals surface area contributed by atoms with Crippen molar-refractivity contribution in [3.63, 3.8) is 0 Å². The lowest BCUT2D eigenvalue weighted by atomic mass is 9.98. The Bertz CT molecular complexity index is 1210. The number of hydrogen-bond donors (Lipinski definition) is 0. The zero-order chi connectivity index (χ0) is 23.9. The SMILES string of the molecule is CN1CCN(C2=Nc3ccccc3Cc3sc(C(C)(C)C)nc32)C[C@@H]1CCc1cccc(F)c1. The van der Waals surface area contributed by atoms with Crippen LogP contribution in [0.4, 0.5) is 10.1 Å². The molecular formula is C28H33FN4S. The van der Waals surface area contributed by atoms with Gasteiger partial charge < -0.3 is 4.90 Å². The van der Waals surface area contributed by atoms with Crippen molar-refractivity contribution in [2.75, 3.05) is 26.7 Å². The molecule has 0 spiro atoms. The molecule has 2 aliphatic rings. The second-order valence-electron chi connectivity index (χ2n) is 10.5. The molecule has 0 radical (unpaired) electrons. The molecule has 2 aliphatic heterocycles. The van der Waals surface area contributed by atoms with E-state index in [0.29, 0.717) is 6.04 Å². The third-order valence-electron chi connectivity index (χ3n) is 6.85. The van der Waals surface area contributed by atoms with E-state index in [9.17, 15) is 4.39 Å². The summed E-state index contributed by atoms with van der Waals surface area (Å²) < 4.78 is 13.7. The summed E-state index contributed by atoms with van der Waals surface area (Å²) in [6.45, 7) is 9.49. The normalized spacial score (nSPS) is 18.8. The summed E-state index contributed by atoms with van der Waals surface area (Å²) in [6, 6.07) is 15.8. The highest BCUT2D eigenvalue weighted by Crippen LogP contribution is 2.36. The topological polar surface area (TPSA) is 31.7 Å². The van der Waals surface area contributed by atoms with E-state index < -0.39 is 0 Å². The van der Waals surface area contributed by atoms with Crippen LogP contribution < -0.4 is 0 Å². The standard InChI is InChI=1S/C28H33FN4S/c1-28(2,3)27-31-25-24(34-27)17-20-9-5-6-11-23(20)30-26(25)33-15-14-32(4)22(18-33)13-12-19-8-7-10-21(29)16-19/h5-11,16,22H,12-15,17-18H2,1-4H3/t22-/m0/s1. The number of aromatic nitrogens is 1. The molecule has 5 rings (SSSR count). The average molecular weight is 477 g/mol. The Morgan fingerprint density at radius 3 is 2.71 bits per heavy atom. The van der Waals surface area contributed by atoms with E-state index in [2.05, 4.69) is 61.9 Å². The molecule has 2 aromatic carbocycles. The largest absolute Gasteiger partial charge is 0.352 e. The molecule has 1 fully saturated rings. The van der Waals surface area contributed by atoms with Crippen LogP contribution in [-0.4, -0.2) is 53.3 Å². The molecule has 34 heavy (non-hydrogen) atoms. The van der Waals surface area contributed by atoms with Crippen molar-refractivity contribution in [1.82, 2.24) is 14.8 Å². The minimum absolute atomic E-state index is 0.0110. The lowest BCUT2D eigenvalue weighted by Gasteiger charge is -2.40. The van der Waals surface area contributed by atoms with Crippen LogP contribution in [0.25, 0.3) is 0 Å². The van der Waals surface area contributed by atoms with Crippen LogP contribution in [-0.2, 0) is 18.3 Å². The van der Waals surface area contributed by atoms with Gasteiger partial charge in [0.15, 0.2) is 5.84 Å². The number of halogens is 1. The molecule has 178 valence electrons. The molecular weight excluding hydrogens is 443 g/mol. The van der Waals surface area contributed by atoms with Gasteiger partial charge in [0.1, 0.15) is 11.5 Å². The highest BCUT2D eigenvalue weighted by Gasteiger charge is 2.32. The fraction of sp³-hybridized carbons (Fsp3) is 0.429. The molecule has 1 atom stereocenters. The molecule has 1 saturated heterocycles. The molecule has 0 aliphatic carbocycles. The first-order chi connectivity index (χ1) is 16.3. The minimum atomic E-state index is -0.159. The number of benzene rings is 2. The Morgan fingerprint density at radius 1 is 1.09 bits per heavy atom. The van der Waals surface area contributed by atoms with Crippen molar-refractivity contribution in [2.24, 2.45) is 4.99 Å². The van der Waals surface area contributed by atoms with Gasteiger partial charge in [-0.3, -0.25) is 4.90 Å². The van der Waals surface area contributed by atoms with Gasteiger partial charge >= 0.3 is 0 Å². The summed E-state index contributed by atoms with van der Waals surface area (Å²) in [5.74, 6) is 0.851. The van der Waals surface area contributed by atoms with E-state index in [0.717, 1.165) is 61.7 Å². The highest BCUT2D eigenvalue weighted by atomic mass is 32.1. The molecule has 0 unspecified atom stereocenters. The second-order valence-corrected chi connectivity index (χ2v) is 11.6. The summed E-state index contributed by atoms with van der Waals surface area (Å²) in [4.78, 5) is 16.5. The predicted molar refractivity (Wildman–Crippen MR) is 139 cm³/mol. The van der Waals surface area contributed by atoms with Crippen LogP contribution >= 0.6 is 11.3 Å². The number of hydrogen-bond acceptors (Lipinski definition) is 5. The van der Waals surface area contributed by atoms with Gasteiger partial charge in [-0.05, 0) is 49.2 Å². The van der Waals surface area contributed by atoms with Crippen LogP contribution in [0.5, 0.6) is 0 Å². The number of nitrogens with zero attached hydrogens (tertiary/aromatic N) is 4. The smallest absolute Gasteiger partial charge is 0.156 e.